The van der Waals surface area contributed by atoms with E-state index in [9.17, 15) is 9.18 Å². The van der Waals surface area contributed by atoms with Gasteiger partial charge in [0.15, 0.2) is 10.9 Å². The highest BCUT2D eigenvalue weighted by molar-refractivity contribution is 7.98. The van der Waals surface area contributed by atoms with Gasteiger partial charge in [-0.05, 0) is 59.1 Å². The number of hydrogen-bond donors (Lipinski definition) is 2. The van der Waals surface area contributed by atoms with Gasteiger partial charge in [0, 0.05) is 29.1 Å². The molecule has 0 aliphatic carbocycles. The van der Waals surface area contributed by atoms with Crippen LogP contribution in [-0.4, -0.2) is 23.2 Å². The molecular weight excluding hydrogens is 463 g/mol. The Balaban J connectivity index is 1.45. The van der Waals surface area contributed by atoms with Crippen LogP contribution < -0.4 is 10.6 Å². The van der Waals surface area contributed by atoms with Gasteiger partial charge >= 0.3 is 0 Å². The SMILES string of the molecule is CC(C)(C)c1ccc(C(=O)c2cccc(NC(=S)NCCCSCc3ccccc3F)c2)cc1. The van der Waals surface area contributed by atoms with E-state index < -0.39 is 0 Å². The first-order valence-electron chi connectivity index (χ1n) is 11.4. The first kappa shape index (κ1) is 25.9. The van der Waals surface area contributed by atoms with E-state index in [1.807, 2.05) is 60.7 Å². The summed E-state index contributed by atoms with van der Waals surface area (Å²) in [5.74, 6) is 1.40. The molecule has 0 aliphatic rings. The van der Waals surface area contributed by atoms with E-state index in [1.54, 1.807) is 17.8 Å². The van der Waals surface area contributed by atoms with Crippen LogP contribution in [0.1, 0.15) is 54.2 Å². The van der Waals surface area contributed by atoms with Crippen molar-refractivity contribution < 1.29 is 9.18 Å². The molecule has 3 aromatic rings. The lowest BCUT2D eigenvalue weighted by Crippen LogP contribution is -2.29. The highest BCUT2D eigenvalue weighted by Crippen LogP contribution is 2.23. The van der Waals surface area contributed by atoms with Crippen molar-refractivity contribution in [3.8, 4) is 0 Å². The summed E-state index contributed by atoms with van der Waals surface area (Å²) in [6, 6.07) is 22.1. The molecule has 0 aromatic heterocycles. The van der Waals surface area contributed by atoms with Crippen LogP contribution in [0.5, 0.6) is 0 Å². The second kappa shape index (κ2) is 12.1. The third-order valence-corrected chi connectivity index (χ3v) is 6.70. The van der Waals surface area contributed by atoms with Gasteiger partial charge < -0.3 is 10.6 Å². The summed E-state index contributed by atoms with van der Waals surface area (Å²) < 4.78 is 13.6. The van der Waals surface area contributed by atoms with E-state index in [-0.39, 0.29) is 17.0 Å². The molecule has 0 atom stereocenters. The first-order valence-corrected chi connectivity index (χ1v) is 12.9. The largest absolute Gasteiger partial charge is 0.362 e. The van der Waals surface area contributed by atoms with Crippen LogP contribution in [0.3, 0.4) is 0 Å². The Morgan fingerprint density at radius 1 is 0.971 bits per heavy atom. The molecule has 2 N–H and O–H groups in total. The minimum atomic E-state index is -0.152. The Kier molecular flexibility index (Phi) is 9.25. The van der Waals surface area contributed by atoms with Crippen LogP contribution in [-0.2, 0) is 11.2 Å². The molecule has 0 fully saturated rings. The predicted octanol–water partition coefficient (Wildman–Crippen LogP) is 6.96. The third kappa shape index (κ3) is 7.67. The van der Waals surface area contributed by atoms with E-state index in [4.69, 9.17) is 12.2 Å². The standard InChI is InChI=1S/C28H31FN2OS2/c1-28(2,3)23-14-12-20(13-15-23)26(32)21-9-6-10-24(18-21)31-27(33)30-16-7-17-34-19-22-8-4-5-11-25(22)29/h4-6,8-15,18H,7,16-17,19H2,1-3H3,(H2,30,31,33). The molecule has 0 saturated heterocycles. The average Bonchev–Trinajstić information content (AvgIpc) is 2.81. The van der Waals surface area contributed by atoms with Crippen LogP contribution in [0.15, 0.2) is 72.8 Å². The van der Waals surface area contributed by atoms with Gasteiger partial charge in [-0.3, -0.25) is 4.79 Å². The summed E-state index contributed by atoms with van der Waals surface area (Å²) in [5, 5.41) is 6.86. The monoisotopic (exact) mass is 494 g/mol. The van der Waals surface area contributed by atoms with Gasteiger partial charge in [-0.15, -0.1) is 0 Å². The summed E-state index contributed by atoms with van der Waals surface area (Å²) in [4.78, 5) is 12.9. The van der Waals surface area contributed by atoms with Crippen molar-refractivity contribution in [3.05, 3.63) is 101 Å². The molecule has 0 unspecified atom stereocenters. The van der Waals surface area contributed by atoms with Gasteiger partial charge in [0.05, 0.1) is 0 Å². The van der Waals surface area contributed by atoms with Crippen molar-refractivity contribution in [2.24, 2.45) is 0 Å². The minimum absolute atomic E-state index is 0.0186. The number of halogens is 1. The Hall–Kier alpha value is -2.70. The summed E-state index contributed by atoms with van der Waals surface area (Å²) in [6.07, 6.45) is 0.907. The minimum Gasteiger partial charge on any atom is -0.362 e. The number of nitrogens with one attached hydrogen (secondary N) is 2. The maximum Gasteiger partial charge on any atom is 0.193 e. The Labute approximate surface area is 211 Å². The molecule has 3 rings (SSSR count). The fourth-order valence-corrected chi connectivity index (χ4v) is 4.54. The summed E-state index contributed by atoms with van der Waals surface area (Å²) in [7, 11) is 0. The van der Waals surface area contributed by atoms with Gasteiger partial charge in [-0.25, -0.2) is 4.39 Å². The smallest absolute Gasteiger partial charge is 0.193 e. The van der Waals surface area contributed by atoms with E-state index in [1.165, 1.54) is 11.6 Å². The predicted molar refractivity (Wildman–Crippen MR) is 146 cm³/mol. The molecule has 3 aromatic carbocycles. The van der Waals surface area contributed by atoms with E-state index >= 15 is 0 Å². The summed E-state index contributed by atoms with van der Waals surface area (Å²) in [6.45, 7) is 7.18. The van der Waals surface area contributed by atoms with Gasteiger partial charge in [-0.2, -0.15) is 11.8 Å². The zero-order valence-corrected chi connectivity index (χ0v) is 21.5. The van der Waals surface area contributed by atoms with Crippen LogP contribution in [0.4, 0.5) is 10.1 Å². The van der Waals surface area contributed by atoms with Crippen LogP contribution in [0, 0.1) is 5.82 Å². The fourth-order valence-electron chi connectivity index (χ4n) is 3.38. The molecule has 3 nitrogen and oxygen atoms in total. The number of benzene rings is 3. The van der Waals surface area contributed by atoms with Crippen molar-refractivity contribution >= 4 is 40.6 Å². The topological polar surface area (TPSA) is 41.1 Å². The van der Waals surface area contributed by atoms with Gasteiger partial charge in [0.1, 0.15) is 5.82 Å². The molecule has 0 bridgehead atoms. The number of rotatable bonds is 9. The Bertz CT molecular complexity index is 1120. The Morgan fingerprint density at radius 2 is 1.71 bits per heavy atom. The average molecular weight is 495 g/mol. The van der Waals surface area contributed by atoms with Crippen molar-refractivity contribution in [1.29, 1.82) is 0 Å². The number of thiocarbonyl (C=S) groups is 1. The second-order valence-electron chi connectivity index (χ2n) is 9.12. The summed E-state index contributed by atoms with van der Waals surface area (Å²) in [5.41, 5.74) is 4.02. The molecule has 0 saturated carbocycles. The maximum absolute atomic E-state index is 13.6. The number of anilines is 1. The maximum atomic E-state index is 13.6. The first-order chi connectivity index (χ1) is 16.2. The molecule has 0 heterocycles. The van der Waals surface area contributed by atoms with Gasteiger partial charge in [0.2, 0.25) is 0 Å². The molecule has 0 amide bonds. The van der Waals surface area contributed by atoms with Crippen LogP contribution >= 0.6 is 24.0 Å². The number of thioether (sulfide) groups is 1. The fraction of sp³-hybridized carbons (Fsp3) is 0.286. The molecule has 0 radical (unpaired) electrons. The van der Waals surface area contributed by atoms with Gasteiger partial charge in [0.25, 0.3) is 0 Å². The molecule has 0 spiro atoms. The zero-order valence-electron chi connectivity index (χ0n) is 19.9. The highest BCUT2D eigenvalue weighted by atomic mass is 32.2. The summed E-state index contributed by atoms with van der Waals surface area (Å²) >= 11 is 7.10. The normalized spacial score (nSPS) is 11.2. The number of ketones is 1. The lowest BCUT2D eigenvalue weighted by atomic mass is 9.86. The van der Waals surface area contributed by atoms with Crippen molar-refractivity contribution in [1.82, 2.24) is 5.32 Å². The number of carbonyl (C=O) groups is 1. The highest BCUT2D eigenvalue weighted by Gasteiger charge is 2.15. The van der Waals surface area contributed by atoms with Crippen molar-refractivity contribution in [3.63, 3.8) is 0 Å². The van der Waals surface area contributed by atoms with E-state index in [0.29, 0.717) is 22.0 Å². The molecular formula is C28H31FN2OS2. The van der Waals surface area contributed by atoms with E-state index in [2.05, 4.69) is 31.4 Å². The lowest BCUT2D eigenvalue weighted by molar-refractivity contribution is 0.103. The quantitative estimate of drug-likeness (QED) is 0.191. The molecule has 0 aliphatic heterocycles. The number of hydrogen-bond acceptors (Lipinski definition) is 3. The van der Waals surface area contributed by atoms with E-state index in [0.717, 1.165) is 30.0 Å². The van der Waals surface area contributed by atoms with Crippen LogP contribution in [0.25, 0.3) is 0 Å². The second-order valence-corrected chi connectivity index (χ2v) is 10.6. The van der Waals surface area contributed by atoms with Gasteiger partial charge in [-0.1, -0.05) is 75.4 Å². The molecule has 6 heteroatoms. The number of carbonyl (C=O) groups excluding carboxylic acids is 1. The molecule has 34 heavy (non-hydrogen) atoms. The molecule has 178 valence electrons. The lowest BCUT2D eigenvalue weighted by Gasteiger charge is -2.19. The third-order valence-electron chi connectivity index (χ3n) is 5.36. The van der Waals surface area contributed by atoms with Crippen LogP contribution in [0.2, 0.25) is 0 Å². The zero-order chi connectivity index (χ0) is 24.6. The van der Waals surface area contributed by atoms with Crippen molar-refractivity contribution in [2.45, 2.75) is 38.4 Å². The Morgan fingerprint density at radius 3 is 2.41 bits per heavy atom. The van der Waals surface area contributed by atoms with Crippen molar-refractivity contribution in [2.75, 3.05) is 17.6 Å².